The van der Waals surface area contributed by atoms with E-state index in [-0.39, 0.29) is 71.4 Å². The molecule has 26 heteroatoms. The molecule has 0 aliphatic rings. The van der Waals surface area contributed by atoms with Gasteiger partial charge in [0.15, 0.2) is 0 Å². The van der Waals surface area contributed by atoms with E-state index in [0.29, 0.717) is 64.7 Å². The van der Waals surface area contributed by atoms with Gasteiger partial charge in [-0.05, 0) is 87.2 Å². The molecular weight excluding hydrogens is 1080 g/mol. The predicted molar refractivity (Wildman–Crippen MR) is 318 cm³/mol. The molecule has 0 saturated carbocycles. The van der Waals surface area contributed by atoms with E-state index in [2.05, 4.69) is 12.2 Å². The van der Waals surface area contributed by atoms with Gasteiger partial charge in [-0.15, -0.1) is 0 Å². The van der Waals surface area contributed by atoms with Crippen LogP contribution in [0.15, 0.2) is 0 Å². The molecule has 0 aromatic heterocycles. The van der Waals surface area contributed by atoms with Crippen molar-refractivity contribution in [3.05, 3.63) is 0 Å². The molecule has 0 aromatic carbocycles. The quantitative estimate of drug-likeness (QED) is 0.0294. The molecule has 0 aliphatic carbocycles. The predicted octanol–water partition coefficient (Wildman–Crippen LogP) is -0.652. The third-order valence-corrected chi connectivity index (χ3v) is 12.3. The summed E-state index contributed by atoms with van der Waals surface area (Å²) in [5.41, 5.74) is 4.82. The minimum atomic E-state index is -1.07. The number of hydrogen-bond donors (Lipinski definition) is 7. The smallest absolute Gasteiger partial charge is 0.242 e. The Hall–Kier alpha value is -5.38. The highest BCUT2D eigenvalue weighted by Gasteiger charge is 2.31. The first kappa shape index (κ1) is 81.8. The minimum absolute atomic E-state index is 0.111. The third-order valence-electron chi connectivity index (χ3n) is 12.3. The highest BCUT2D eigenvalue weighted by atomic mass is 16.3. The first-order valence-corrected chi connectivity index (χ1v) is 29.8. The van der Waals surface area contributed by atoms with Gasteiger partial charge in [-0.1, -0.05) is 66.7 Å². The average molecular weight is 1190 g/mol. The third kappa shape index (κ3) is 43.0. The van der Waals surface area contributed by atoms with Gasteiger partial charge in [0.2, 0.25) is 53.7 Å². The zero-order valence-corrected chi connectivity index (χ0v) is 52.7. The highest BCUT2D eigenvalue weighted by Crippen LogP contribution is 2.10. The van der Waals surface area contributed by atoms with E-state index in [0.717, 1.165) is 53.2 Å². The van der Waals surface area contributed by atoms with Crippen molar-refractivity contribution in [1.29, 1.82) is 0 Å². The molecule has 0 rings (SSSR count). The summed E-state index contributed by atoms with van der Waals surface area (Å²) in [6.07, 6.45) is 4.87. The topological polar surface area (TPSA) is 339 Å². The second kappa shape index (κ2) is 50.0. The molecule has 5 atom stereocenters. The number of nitrogens with two attached hydrogens (primary N) is 1. The Bertz CT molecular complexity index is 1830. The van der Waals surface area contributed by atoms with Gasteiger partial charge in [-0.25, -0.2) is 0 Å². The average Bonchev–Trinajstić information content (AvgIpc) is 3.41. The number of primary amides is 1. The van der Waals surface area contributed by atoms with Crippen LogP contribution in [-0.4, -0.2) is 298 Å². The first-order valence-electron chi connectivity index (χ1n) is 29.8. The second-order valence-electron chi connectivity index (χ2n) is 21.3. The summed E-state index contributed by atoms with van der Waals surface area (Å²) < 4.78 is 0. The van der Waals surface area contributed by atoms with E-state index in [1.165, 1.54) is 53.7 Å². The maximum atomic E-state index is 14.1. The summed E-state index contributed by atoms with van der Waals surface area (Å²) in [6, 6.07) is 0. The Morgan fingerprint density at radius 1 is 0.410 bits per heavy atom. The number of likely N-dealkylation sites (N-methyl/N-ethyl adjacent to an activating group) is 2. The van der Waals surface area contributed by atoms with Crippen molar-refractivity contribution in [3.63, 3.8) is 0 Å². The van der Waals surface area contributed by atoms with Crippen LogP contribution in [0.3, 0.4) is 0 Å². The van der Waals surface area contributed by atoms with E-state index in [9.17, 15) is 68.4 Å². The van der Waals surface area contributed by atoms with Crippen LogP contribution in [0.1, 0.15) is 140 Å². The Morgan fingerprint density at radius 3 is 0.976 bits per heavy atom. The zero-order chi connectivity index (χ0) is 64.0. The molecule has 0 heterocycles. The number of rotatable bonds is 45. The van der Waals surface area contributed by atoms with Crippen molar-refractivity contribution in [2.45, 2.75) is 171 Å². The molecule has 0 spiro atoms. The maximum absolute atomic E-state index is 14.1. The van der Waals surface area contributed by atoms with E-state index >= 15 is 0 Å². The van der Waals surface area contributed by atoms with Gasteiger partial charge in [0.05, 0.1) is 89.4 Å². The Balaban J connectivity index is -0.00000284. The fraction of sp³-hybridized carbons (Fsp3) is 0.825. The van der Waals surface area contributed by atoms with Crippen molar-refractivity contribution < 1.29 is 73.5 Å². The summed E-state index contributed by atoms with van der Waals surface area (Å²) in [5, 5.41) is 52.5. The van der Waals surface area contributed by atoms with Crippen molar-refractivity contribution in [2.24, 2.45) is 5.73 Å². The summed E-state index contributed by atoms with van der Waals surface area (Å²) in [6.45, 7) is 19.4. The van der Waals surface area contributed by atoms with Gasteiger partial charge in [0, 0.05) is 65.4 Å². The number of nitrogens with one attached hydrogen (secondary N) is 1. The normalized spacial score (nSPS) is 12.6. The van der Waals surface area contributed by atoms with Crippen LogP contribution < -0.4 is 11.1 Å². The Morgan fingerprint density at radius 2 is 0.699 bits per heavy atom. The zero-order valence-electron chi connectivity index (χ0n) is 52.7. The molecule has 0 aromatic rings. The second-order valence-corrected chi connectivity index (χ2v) is 21.3. The molecule has 0 bridgehead atoms. The first-order chi connectivity index (χ1) is 39.1. The summed E-state index contributed by atoms with van der Waals surface area (Å²) in [4.78, 5) is 138. The standard InChI is InChI=1S/C45H86N8O11.C6H12N2O3.C6H13NO/c1-11-16-20-47(15-5)40(59)29-48(21-17-12-2)43(62)33-52(26-37(8)56)45(64)34-53(27-38(9)57)44(63)31-50(23-19-14-4)41(60)30-49(22-18-13-3)42(61)32-51(25-36(7)55)39(58)28-46(10)24-35(6)54;1-5(10)2-8(4-9)3-6(7)11;1-2-3-4-7-5-6-8/h35-38,54-57H,11-34H2,1-10H3;4-5,10H,2-3H2,1H3,(H2,7,11);6-7H,2-5H2,1H3. The van der Waals surface area contributed by atoms with Gasteiger partial charge in [-0.3, -0.25) is 48.1 Å². The molecule has 0 saturated heterocycles. The fourth-order valence-electron chi connectivity index (χ4n) is 8.02. The van der Waals surface area contributed by atoms with Crippen LogP contribution in [0.25, 0.3) is 0 Å². The van der Waals surface area contributed by atoms with Gasteiger partial charge in [-0.2, -0.15) is 0 Å². The van der Waals surface area contributed by atoms with E-state index in [4.69, 9.17) is 10.8 Å². The molecule has 8 N–H and O–H groups in total. The van der Waals surface area contributed by atoms with E-state index < -0.39 is 105 Å². The summed E-state index contributed by atoms with van der Waals surface area (Å²) >= 11 is 0. The van der Waals surface area contributed by atoms with Crippen molar-refractivity contribution >= 4 is 60.0 Å². The lowest BCUT2D eigenvalue weighted by Gasteiger charge is -2.33. The maximum Gasteiger partial charge on any atom is 0.242 e. The molecular formula is C57H111N11O15. The number of hydrogen-bond acceptors (Lipinski definition) is 17. The van der Waals surface area contributed by atoms with Crippen molar-refractivity contribution in [2.75, 3.05) is 138 Å². The van der Waals surface area contributed by atoms with Gasteiger partial charge >= 0.3 is 0 Å². The summed E-state index contributed by atoms with van der Waals surface area (Å²) in [7, 11) is 1.65. The van der Waals surface area contributed by atoms with Gasteiger partial charge in [0.25, 0.3) is 0 Å². The lowest BCUT2D eigenvalue weighted by molar-refractivity contribution is -0.149. The Kier molecular flexibility index (Phi) is 49.3. The van der Waals surface area contributed by atoms with E-state index in [1.807, 2.05) is 34.6 Å². The monoisotopic (exact) mass is 1190 g/mol. The fourth-order valence-corrected chi connectivity index (χ4v) is 8.02. The van der Waals surface area contributed by atoms with Crippen LogP contribution in [0, 0.1) is 0 Å². The Labute approximate surface area is 496 Å². The van der Waals surface area contributed by atoms with Crippen molar-refractivity contribution in [3.8, 4) is 0 Å². The van der Waals surface area contributed by atoms with Gasteiger partial charge in [0.1, 0.15) is 6.29 Å². The number of amides is 9. The SMILES string of the molecule is CC(O)CN(C=O)CC(N)=O.CCCCN(CC)C(=O)CN(CCCC)C(=O)CN(CC(C)O)C(=O)CN(CC(C)O)C(=O)CN(CCCC)C(=O)CN(CCCC)C(=O)CN(CC(C)O)C(=O)CN(C)CC(C)O.CCCCNCC=O. The molecule has 484 valence electrons. The van der Waals surface area contributed by atoms with Crippen LogP contribution in [0.2, 0.25) is 0 Å². The molecule has 9 amide bonds. The van der Waals surface area contributed by atoms with Crippen molar-refractivity contribution in [1.82, 2.24) is 49.4 Å². The van der Waals surface area contributed by atoms with Gasteiger partial charge < -0.3 is 80.6 Å². The lowest BCUT2D eigenvalue weighted by Crippen LogP contribution is -2.54. The molecule has 5 unspecified atom stereocenters. The number of unbranched alkanes of at least 4 members (excludes halogenated alkanes) is 5. The number of aldehydes is 1. The lowest BCUT2D eigenvalue weighted by atomic mass is 10.2. The number of aliphatic hydroxyl groups is 5. The molecule has 26 nitrogen and oxygen atoms in total. The highest BCUT2D eigenvalue weighted by molar-refractivity contribution is 5.93. The molecule has 0 radical (unpaired) electrons. The number of nitrogens with zero attached hydrogens (tertiary/aromatic N) is 9. The molecule has 0 aliphatic heterocycles. The van der Waals surface area contributed by atoms with E-state index in [1.54, 1.807) is 23.8 Å². The molecule has 83 heavy (non-hydrogen) atoms. The van der Waals surface area contributed by atoms with Crippen LogP contribution in [0.5, 0.6) is 0 Å². The number of aliphatic hydroxyl groups excluding tert-OH is 5. The molecule has 0 fully saturated rings. The minimum Gasteiger partial charge on any atom is -0.392 e. The largest absolute Gasteiger partial charge is 0.392 e. The van der Waals surface area contributed by atoms with Crippen LogP contribution in [-0.2, 0) is 47.9 Å². The van der Waals surface area contributed by atoms with Crippen LogP contribution >= 0.6 is 0 Å². The number of carbonyl (C=O) groups is 10. The summed E-state index contributed by atoms with van der Waals surface area (Å²) in [5.74, 6) is -4.13. The van der Waals surface area contributed by atoms with Crippen LogP contribution in [0.4, 0.5) is 0 Å². The number of carbonyl (C=O) groups excluding carboxylic acids is 10.